The largest absolute Gasteiger partial charge is 0.392 e. The van der Waals surface area contributed by atoms with E-state index in [2.05, 4.69) is 10.3 Å². The van der Waals surface area contributed by atoms with Crippen molar-refractivity contribution in [2.24, 2.45) is 0 Å². The van der Waals surface area contributed by atoms with Crippen LogP contribution in [-0.4, -0.2) is 20.1 Å². The van der Waals surface area contributed by atoms with Gasteiger partial charge in [-0.05, 0) is 18.2 Å². The van der Waals surface area contributed by atoms with Crippen LogP contribution in [0.4, 0.5) is 0 Å². The van der Waals surface area contributed by atoms with Crippen LogP contribution >= 0.6 is 0 Å². The number of rotatable bonds is 2. The lowest BCUT2D eigenvalue weighted by atomic mass is 10.2. The van der Waals surface area contributed by atoms with E-state index in [0.29, 0.717) is 0 Å². The second kappa shape index (κ2) is 3.99. The molecule has 0 bridgehead atoms. The summed E-state index contributed by atoms with van der Waals surface area (Å²) in [5.74, 6) is 0. The minimum Gasteiger partial charge on any atom is -0.392 e. The molecule has 0 aliphatic heterocycles. The summed E-state index contributed by atoms with van der Waals surface area (Å²) in [6.45, 7) is -0.00956. The fraction of sp³-hybridized carbons (Fsp3) is 0.0769. The van der Waals surface area contributed by atoms with Gasteiger partial charge >= 0.3 is 0 Å². The van der Waals surface area contributed by atoms with Crippen molar-refractivity contribution in [3.05, 3.63) is 54.1 Å². The summed E-state index contributed by atoms with van der Waals surface area (Å²) in [6.07, 6.45) is 0. The molecule has 2 aromatic carbocycles. The summed E-state index contributed by atoms with van der Waals surface area (Å²) < 4.78 is 1.75. The van der Waals surface area contributed by atoms with E-state index in [1.54, 1.807) is 4.68 Å². The van der Waals surface area contributed by atoms with E-state index in [0.717, 1.165) is 22.3 Å². The third kappa shape index (κ3) is 1.59. The highest BCUT2D eigenvalue weighted by atomic mass is 16.3. The van der Waals surface area contributed by atoms with Crippen molar-refractivity contribution in [3.8, 4) is 5.69 Å². The summed E-state index contributed by atoms with van der Waals surface area (Å²) in [6, 6.07) is 15.4. The molecule has 3 rings (SSSR count). The molecule has 0 aliphatic carbocycles. The molecule has 4 nitrogen and oxygen atoms in total. The van der Waals surface area contributed by atoms with Crippen molar-refractivity contribution in [3.63, 3.8) is 0 Å². The van der Waals surface area contributed by atoms with Gasteiger partial charge in [0.1, 0.15) is 5.52 Å². The Morgan fingerprint density at radius 1 is 1.00 bits per heavy atom. The molecule has 0 unspecified atom stereocenters. The van der Waals surface area contributed by atoms with Crippen LogP contribution in [0.1, 0.15) is 5.56 Å². The lowest BCUT2D eigenvalue weighted by molar-refractivity contribution is 0.281. The maximum Gasteiger partial charge on any atom is 0.113 e. The highest BCUT2D eigenvalue weighted by molar-refractivity contribution is 5.76. The fourth-order valence-corrected chi connectivity index (χ4v) is 1.90. The zero-order chi connectivity index (χ0) is 11.7. The Morgan fingerprint density at radius 2 is 1.76 bits per heavy atom. The van der Waals surface area contributed by atoms with Crippen LogP contribution in [0.3, 0.4) is 0 Å². The molecule has 0 radical (unpaired) electrons. The Balaban J connectivity index is 2.27. The first-order chi connectivity index (χ1) is 8.40. The van der Waals surface area contributed by atoms with Gasteiger partial charge in [-0.25, -0.2) is 4.68 Å². The molecule has 17 heavy (non-hydrogen) atoms. The molecule has 3 aromatic rings. The van der Waals surface area contributed by atoms with Crippen LogP contribution in [0.5, 0.6) is 0 Å². The molecule has 1 N–H and O–H groups in total. The van der Waals surface area contributed by atoms with Gasteiger partial charge in [-0.2, -0.15) is 0 Å². The molecule has 84 valence electrons. The third-order valence-corrected chi connectivity index (χ3v) is 2.74. The topological polar surface area (TPSA) is 50.9 Å². The zero-order valence-corrected chi connectivity index (χ0v) is 9.11. The molecular formula is C13H11N3O. The average molecular weight is 225 g/mol. The summed E-state index contributed by atoms with van der Waals surface area (Å²) >= 11 is 0. The first-order valence-corrected chi connectivity index (χ1v) is 5.40. The van der Waals surface area contributed by atoms with Gasteiger partial charge in [0.15, 0.2) is 0 Å². The van der Waals surface area contributed by atoms with E-state index < -0.39 is 0 Å². The Kier molecular flexibility index (Phi) is 2.34. The highest BCUT2D eigenvalue weighted by Gasteiger charge is 2.08. The van der Waals surface area contributed by atoms with Crippen molar-refractivity contribution >= 4 is 11.0 Å². The zero-order valence-electron chi connectivity index (χ0n) is 9.11. The predicted molar refractivity (Wildman–Crippen MR) is 64.8 cm³/mol. The van der Waals surface area contributed by atoms with Crippen LogP contribution in [0.2, 0.25) is 0 Å². The number of aliphatic hydroxyl groups is 1. The van der Waals surface area contributed by atoms with Crippen LogP contribution in [-0.2, 0) is 6.61 Å². The van der Waals surface area contributed by atoms with Gasteiger partial charge in [-0.15, -0.1) is 5.10 Å². The number of hydrogen-bond donors (Lipinski definition) is 1. The van der Waals surface area contributed by atoms with Crippen molar-refractivity contribution in [2.75, 3.05) is 0 Å². The maximum absolute atomic E-state index is 9.33. The Labute approximate surface area is 98.1 Å². The minimum atomic E-state index is -0.00956. The molecule has 0 saturated carbocycles. The Hall–Kier alpha value is -2.20. The predicted octanol–water partition coefficient (Wildman–Crippen LogP) is 1.91. The van der Waals surface area contributed by atoms with Crippen LogP contribution < -0.4 is 0 Å². The number of benzene rings is 2. The monoisotopic (exact) mass is 225 g/mol. The van der Waals surface area contributed by atoms with E-state index in [9.17, 15) is 5.11 Å². The van der Waals surface area contributed by atoms with E-state index >= 15 is 0 Å². The van der Waals surface area contributed by atoms with Gasteiger partial charge in [0.2, 0.25) is 0 Å². The second-order valence-corrected chi connectivity index (χ2v) is 3.78. The van der Waals surface area contributed by atoms with Gasteiger partial charge in [-0.1, -0.05) is 35.5 Å². The number of hydrogen-bond acceptors (Lipinski definition) is 3. The van der Waals surface area contributed by atoms with Crippen LogP contribution in [0.25, 0.3) is 16.7 Å². The highest BCUT2D eigenvalue weighted by Crippen LogP contribution is 2.19. The van der Waals surface area contributed by atoms with Gasteiger partial charge < -0.3 is 5.11 Å². The van der Waals surface area contributed by atoms with Crippen LogP contribution in [0, 0.1) is 0 Å². The molecule has 0 fully saturated rings. The SMILES string of the molecule is OCc1ccccc1-n1nnc2ccccc21. The molecule has 0 spiro atoms. The average Bonchev–Trinajstić information content (AvgIpc) is 2.82. The van der Waals surface area contributed by atoms with Crippen LogP contribution in [0.15, 0.2) is 48.5 Å². The molecule has 0 amide bonds. The standard InChI is InChI=1S/C13H11N3O/c17-9-10-5-1-3-7-12(10)16-13-8-4-2-6-11(13)14-15-16/h1-8,17H,9H2. The third-order valence-electron chi connectivity index (χ3n) is 2.74. The normalized spacial score (nSPS) is 10.9. The summed E-state index contributed by atoms with van der Waals surface area (Å²) in [4.78, 5) is 0. The van der Waals surface area contributed by atoms with E-state index in [1.165, 1.54) is 0 Å². The first-order valence-electron chi connectivity index (χ1n) is 5.40. The number of para-hydroxylation sites is 2. The Bertz CT molecular complexity index is 660. The molecular weight excluding hydrogens is 214 g/mol. The number of aliphatic hydroxyl groups excluding tert-OH is 1. The molecule has 0 aliphatic rings. The Morgan fingerprint density at radius 3 is 2.65 bits per heavy atom. The maximum atomic E-state index is 9.33. The summed E-state index contributed by atoms with van der Waals surface area (Å²) in [5.41, 5.74) is 3.49. The lowest BCUT2D eigenvalue weighted by Crippen LogP contribution is -2.01. The lowest BCUT2D eigenvalue weighted by Gasteiger charge is -2.06. The second-order valence-electron chi connectivity index (χ2n) is 3.78. The molecule has 1 heterocycles. The summed E-state index contributed by atoms with van der Waals surface area (Å²) in [5, 5.41) is 17.6. The molecule has 4 heteroatoms. The minimum absolute atomic E-state index is 0.00956. The van der Waals surface area contributed by atoms with Crippen molar-refractivity contribution in [1.82, 2.24) is 15.0 Å². The van der Waals surface area contributed by atoms with E-state index in [1.807, 2.05) is 48.5 Å². The fourth-order valence-electron chi connectivity index (χ4n) is 1.90. The quantitative estimate of drug-likeness (QED) is 0.724. The molecule has 0 saturated heterocycles. The van der Waals surface area contributed by atoms with E-state index in [4.69, 9.17) is 0 Å². The van der Waals surface area contributed by atoms with Gasteiger partial charge in [0.05, 0.1) is 17.8 Å². The summed E-state index contributed by atoms with van der Waals surface area (Å²) in [7, 11) is 0. The number of fused-ring (bicyclic) bond motifs is 1. The number of aromatic nitrogens is 3. The molecule has 0 atom stereocenters. The van der Waals surface area contributed by atoms with Gasteiger partial charge in [0, 0.05) is 5.56 Å². The van der Waals surface area contributed by atoms with Crippen molar-refractivity contribution in [1.29, 1.82) is 0 Å². The van der Waals surface area contributed by atoms with Crippen molar-refractivity contribution < 1.29 is 5.11 Å². The first kappa shape index (κ1) is 9.99. The van der Waals surface area contributed by atoms with Gasteiger partial charge in [-0.3, -0.25) is 0 Å². The van der Waals surface area contributed by atoms with Crippen molar-refractivity contribution in [2.45, 2.75) is 6.61 Å². The number of nitrogens with zero attached hydrogens (tertiary/aromatic N) is 3. The molecule has 1 aromatic heterocycles. The van der Waals surface area contributed by atoms with E-state index in [-0.39, 0.29) is 6.61 Å². The smallest absolute Gasteiger partial charge is 0.113 e. The van der Waals surface area contributed by atoms with Gasteiger partial charge in [0.25, 0.3) is 0 Å².